The molecule has 2 amide bonds. The summed E-state index contributed by atoms with van der Waals surface area (Å²) in [4.78, 5) is 22.6. The zero-order chi connectivity index (χ0) is 17.2. The molecule has 1 atom stereocenters. The number of sulfonamides is 1. The van der Waals surface area contributed by atoms with Crippen LogP contribution in [0.15, 0.2) is 54.6 Å². The van der Waals surface area contributed by atoms with Gasteiger partial charge >= 0.3 is 6.09 Å². The molecule has 2 aromatic rings. The third-order valence-corrected chi connectivity index (χ3v) is 4.63. The highest BCUT2D eigenvalue weighted by Gasteiger charge is 2.33. The van der Waals surface area contributed by atoms with Crippen molar-refractivity contribution in [3.63, 3.8) is 0 Å². The number of imide groups is 1. The summed E-state index contributed by atoms with van der Waals surface area (Å²) in [7, 11) is -3.55. The molecule has 1 heterocycles. The highest BCUT2D eigenvalue weighted by Crippen LogP contribution is 2.24. The maximum absolute atomic E-state index is 12.2. The van der Waals surface area contributed by atoms with E-state index >= 15 is 0 Å². The van der Waals surface area contributed by atoms with Gasteiger partial charge < -0.3 is 4.74 Å². The monoisotopic (exact) mass is 346 g/mol. The zero-order valence-corrected chi connectivity index (χ0v) is 13.2. The summed E-state index contributed by atoms with van der Waals surface area (Å²) < 4.78 is 31.6. The molecule has 2 aromatic carbocycles. The van der Waals surface area contributed by atoms with E-state index in [1.807, 2.05) is 11.4 Å². The van der Waals surface area contributed by atoms with Crippen LogP contribution in [-0.4, -0.2) is 20.4 Å². The molecule has 1 aliphatic rings. The quantitative estimate of drug-likeness (QED) is 0.861. The van der Waals surface area contributed by atoms with Crippen molar-refractivity contribution >= 4 is 27.7 Å². The normalized spacial score (nSPS) is 17.2. The van der Waals surface area contributed by atoms with E-state index in [9.17, 15) is 18.0 Å². The van der Waals surface area contributed by atoms with Crippen LogP contribution >= 0.6 is 0 Å². The van der Waals surface area contributed by atoms with E-state index in [-0.39, 0.29) is 5.75 Å². The fraction of sp³-hybridized carbons (Fsp3) is 0.125. The zero-order valence-electron chi connectivity index (χ0n) is 12.4. The lowest BCUT2D eigenvalue weighted by atomic mass is 10.1. The van der Waals surface area contributed by atoms with Gasteiger partial charge in [0.1, 0.15) is 0 Å². The first-order valence-electron chi connectivity index (χ1n) is 7.09. The fourth-order valence-corrected chi connectivity index (χ4v) is 3.51. The average molecular weight is 346 g/mol. The molecule has 1 unspecified atom stereocenters. The largest absolute Gasteiger partial charge is 0.431 e. The molecule has 1 aliphatic heterocycles. The van der Waals surface area contributed by atoms with E-state index in [1.54, 1.807) is 24.3 Å². The minimum atomic E-state index is -3.55. The minimum Gasteiger partial charge on any atom is -0.431 e. The molecule has 24 heavy (non-hydrogen) atoms. The molecule has 0 aromatic heterocycles. The molecule has 2 N–H and O–H groups in total. The topological polar surface area (TPSA) is 102 Å². The van der Waals surface area contributed by atoms with Crippen LogP contribution < -0.4 is 10.0 Å². The van der Waals surface area contributed by atoms with E-state index in [2.05, 4.69) is 4.72 Å². The fourth-order valence-electron chi connectivity index (χ4n) is 2.31. The lowest BCUT2D eigenvalue weighted by Gasteiger charge is -2.10. The molecule has 8 heteroatoms. The van der Waals surface area contributed by atoms with Crippen molar-refractivity contribution in [1.82, 2.24) is 5.32 Å². The molecule has 124 valence electrons. The number of benzene rings is 2. The van der Waals surface area contributed by atoms with Crippen LogP contribution in [0.3, 0.4) is 0 Å². The van der Waals surface area contributed by atoms with E-state index in [4.69, 9.17) is 4.74 Å². The van der Waals surface area contributed by atoms with E-state index in [1.165, 1.54) is 24.3 Å². The summed E-state index contributed by atoms with van der Waals surface area (Å²) in [6.45, 7) is 0. The van der Waals surface area contributed by atoms with Gasteiger partial charge in [-0.3, -0.25) is 14.8 Å². The Labute approximate surface area is 138 Å². The second kappa shape index (κ2) is 6.32. The Hall–Kier alpha value is -2.87. The summed E-state index contributed by atoms with van der Waals surface area (Å²) in [5, 5.41) is 2.03. The van der Waals surface area contributed by atoms with Gasteiger partial charge in [0.2, 0.25) is 16.1 Å². The molecular weight excluding hydrogens is 332 g/mol. The van der Waals surface area contributed by atoms with Crippen LogP contribution in [0.25, 0.3) is 0 Å². The Bertz CT molecular complexity index is 863. The summed E-state index contributed by atoms with van der Waals surface area (Å²) in [5.74, 6) is -0.685. The number of carbonyl (C=O) groups excluding carboxylic acids is 2. The molecule has 0 saturated carbocycles. The first kappa shape index (κ1) is 16.0. The lowest BCUT2D eigenvalue weighted by molar-refractivity contribution is -0.123. The van der Waals surface area contributed by atoms with Crippen molar-refractivity contribution in [3.8, 4) is 0 Å². The van der Waals surface area contributed by atoms with E-state index < -0.39 is 28.1 Å². The number of anilines is 1. The van der Waals surface area contributed by atoms with E-state index in [0.717, 1.165) is 0 Å². The van der Waals surface area contributed by atoms with Crippen molar-refractivity contribution in [2.45, 2.75) is 11.9 Å². The molecule has 7 nitrogen and oxygen atoms in total. The van der Waals surface area contributed by atoms with E-state index in [0.29, 0.717) is 16.8 Å². The van der Waals surface area contributed by atoms with Crippen LogP contribution in [0.1, 0.15) is 17.2 Å². The second-order valence-corrected chi connectivity index (χ2v) is 6.97. The van der Waals surface area contributed by atoms with Crippen LogP contribution in [0.5, 0.6) is 0 Å². The van der Waals surface area contributed by atoms with Gasteiger partial charge in [0.25, 0.3) is 5.91 Å². The first-order valence-corrected chi connectivity index (χ1v) is 8.74. The maximum atomic E-state index is 12.2. The van der Waals surface area contributed by atoms with Gasteiger partial charge in [-0.2, -0.15) is 0 Å². The molecule has 1 fully saturated rings. The number of hydrogen-bond acceptors (Lipinski definition) is 5. The Kier molecular flexibility index (Phi) is 4.22. The maximum Gasteiger partial charge on any atom is 0.415 e. The highest BCUT2D eigenvalue weighted by atomic mass is 32.2. The summed E-state index contributed by atoms with van der Waals surface area (Å²) >= 11 is 0. The Morgan fingerprint density at radius 2 is 1.67 bits per heavy atom. The number of nitrogens with one attached hydrogen (secondary N) is 2. The number of amides is 2. The van der Waals surface area contributed by atoms with Gasteiger partial charge in [-0.05, 0) is 17.7 Å². The molecule has 1 saturated heterocycles. The number of cyclic esters (lactones) is 1. The van der Waals surface area contributed by atoms with Gasteiger partial charge in [-0.15, -0.1) is 0 Å². The van der Waals surface area contributed by atoms with Crippen molar-refractivity contribution in [3.05, 3.63) is 65.7 Å². The van der Waals surface area contributed by atoms with Gasteiger partial charge in [0.05, 0.1) is 5.75 Å². The molecule has 0 aliphatic carbocycles. The molecule has 0 spiro atoms. The Morgan fingerprint density at radius 3 is 2.25 bits per heavy atom. The minimum absolute atomic E-state index is 0.141. The van der Waals surface area contributed by atoms with Crippen LogP contribution in [0, 0.1) is 0 Å². The Balaban J connectivity index is 1.70. The predicted octanol–water partition coefficient (Wildman–Crippen LogP) is 1.94. The SMILES string of the molecule is O=C1NC(=O)C(c2ccc(NS(=O)(=O)Cc3ccccc3)cc2)O1. The third kappa shape index (κ3) is 3.72. The Morgan fingerprint density at radius 1 is 1.00 bits per heavy atom. The van der Waals surface area contributed by atoms with Gasteiger partial charge in [0.15, 0.2) is 0 Å². The molecule has 3 rings (SSSR count). The van der Waals surface area contributed by atoms with Gasteiger partial charge in [0, 0.05) is 11.3 Å². The lowest BCUT2D eigenvalue weighted by Crippen LogP contribution is -2.20. The van der Waals surface area contributed by atoms with Crippen LogP contribution in [0.4, 0.5) is 10.5 Å². The molecular formula is C16H14N2O5S. The van der Waals surface area contributed by atoms with Crippen LogP contribution in [0.2, 0.25) is 0 Å². The van der Waals surface area contributed by atoms with Gasteiger partial charge in [-0.25, -0.2) is 13.2 Å². The summed E-state index contributed by atoms with van der Waals surface area (Å²) in [6, 6.07) is 14.9. The van der Waals surface area contributed by atoms with Crippen molar-refractivity contribution in [2.24, 2.45) is 0 Å². The number of carbonyl (C=O) groups is 2. The number of ether oxygens (including phenoxy) is 1. The number of hydrogen-bond donors (Lipinski definition) is 2. The molecule has 0 radical (unpaired) electrons. The molecule has 0 bridgehead atoms. The summed E-state index contributed by atoms with van der Waals surface area (Å²) in [5.41, 5.74) is 1.50. The number of rotatable bonds is 5. The third-order valence-electron chi connectivity index (χ3n) is 3.37. The predicted molar refractivity (Wildman–Crippen MR) is 86.5 cm³/mol. The van der Waals surface area contributed by atoms with Gasteiger partial charge in [-0.1, -0.05) is 42.5 Å². The summed E-state index contributed by atoms with van der Waals surface area (Å²) in [6.07, 6.45) is -1.80. The second-order valence-electron chi connectivity index (χ2n) is 5.24. The number of alkyl carbamates (subject to hydrolysis) is 1. The van der Waals surface area contributed by atoms with Crippen molar-refractivity contribution in [2.75, 3.05) is 4.72 Å². The van der Waals surface area contributed by atoms with Crippen molar-refractivity contribution in [1.29, 1.82) is 0 Å². The van der Waals surface area contributed by atoms with Crippen LogP contribution in [-0.2, 0) is 25.3 Å². The standard InChI is InChI=1S/C16H14N2O5S/c19-15-14(23-16(20)17-15)12-6-8-13(9-7-12)18-24(21,22)10-11-4-2-1-3-5-11/h1-9,14,18H,10H2,(H,17,19,20). The highest BCUT2D eigenvalue weighted by molar-refractivity contribution is 7.91. The first-order chi connectivity index (χ1) is 11.4. The average Bonchev–Trinajstić information content (AvgIpc) is 2.87. The van der Waals surface area contributed by atoms with Crippen molar-refractivity contribution < 1.29 is 22.7 Å². The smallest absolute Gasteiger partial charge is 0.415 e.